The van der Waals surface area contributed by atoms with E-state index in [2.05, 4.69) is 265 Å². The number of hydrogen-bond acceptors (Lipinski definition) is 2. The molecular formula is C61H42N2. The molecule has 10 aromatic carbocycles. The van der Waals surface area contributed by atoms with Crippen molar-refractivity contribution in [2.75, 3.05) is 9.80 Å². The Morgan fingerprint density at radius 1 is 0.238 bits per heavy atom. The van der Waals surface area contributed by atoms with Gasteiger partial charge in [-0.1, -0.05) is 188 Å². The molecule has 0 heterocycles. The van der Waals surface area contributed by atoms with Gasteiger partial charge in [0.25, 0.3) is 0 Å². The van der Waals surface area contributed by atoms with Crippen LogP contribution in [0.25, 0.3) is 44.5 Å². The fourth-order valence-corrected chi connectivity index (χ4v) is 10.5. The van der Waals surface area contributed by atoms with Gasteiger partial charge >= 0.3 is 0 Å². The Morgan fingerprint density at radius 2 is 0.714 bits per heavy atom. The van der Waals surface area contributed by atoms with E-state index in [0.717, 1.165) is 28.4 Å². The molecule has 0 aromatic heterocycles. The van der Waals surface area contributed by atoms with E-state index in [1.807, 2.05) is 0 Å². The number of fused-ring (bicyclic) bond motifs is 10. The highest BCUT2D eigenvalue weighted by atomic mass is 15.2. The van der Waals surface area contributed by atoms with Crippen LogP contribution in [0.3, 0.4) is 0 Å². The van der Waals surface area contributed by atoms with Crippen LogP contribution in [0.2, 0.25) is 0 Å². The van der Waals surface area contributed by atoms with Crippen LogP contribution in [-0.4, -0.2) is 0 Å². The number of benzene rings is 10. The molecule has 2 heteroatoms. The van der Waals surface area contributed by atoms with Crippen LogP contribution in [0, 0.1) is 0 Å². The van der Waals surface area contributed by atoms with Crippen molar-refractivity contribution < 1.29 is 0 Å². The maximum Gasteiger partial charge on any atom is 0.0726 e. The van der Waals surface area contributed by atoms with Gasteiger partial charge in [0, 0.05) is 33.9 Å². The van der Waals surface area contributed by atoms with Crippen LogP contribution >= 0.6 is 0 Å². The van der Waals surface area contributed by atoms with Crippen molar-refractivity contribution in [3.63, 3.8) is 0 Å². The molecule has 0 fully saturated rings. The average Bonchev–Trinajstić information content (AvgIpc) is 3.83. The maximum atomic E-state index is 2.44. The summed E-state index contributed by atoms with van der Waals surface area (Å²) < 4.78 is 0. The molecule has 63 heavy (non-hydrogen) atoms. The first kappa shape index (κ1) is 36.6. The molecule has 0 saturated heterocycles. The lowest BCUT2D eigenvalue weighted by Crippen LogP contribution is -2.26. The Labute approximate surface area is 369 Å². The lowest BCUT2D eigenvalue weighted by atomic mass is 9.70. The molecule has 1 unspecified atom stereocenters. The van der Waals surface area contributed by atoms with Gasteiger partial charge in [0.15, 0.2) is 0 Å². The van der Waals surface area contributed by atoms with E-state index in [1.165, 1.54) is 72.4 Å². The first-order valence-corrected chi connectivity index (χ1v) is 21.8. The zero-order valence-corrected chi connectivity index (χ0v) is 34.6. The molecule has 2 aliphatic carbocycles. The van der Waals surface area contributed by atoms with Crippen LogP contribution in [0.5, 0.6) is 0 Å². The predicted molar refractivity (Wildman–Crippen MR) is 263 cm³/mol. The largest absolute Gasteiger partial charge is 0.310 e. The minimum absolute atomic E-state index is 0.518. The van der Waals surface area contributed by atoms with E-state index >= 15 is 0 Å². The average molecular weight is 803 g/mol. The Bertz CT molecular complexity index is 3230. The molecular weight excluding hydrogens is 761 g/mol. The second-order valence-electron chi connectivity index (χ2n) is 16.4. The summed E-state index contributed by atoms with van der Waals surface area (Å²) in [6.45, 7) is 0. The third-order valence-electron chi connectivity index (χ3n) is 13.0. The minimum atomic E-state index is -0.518. The topological polar surface area (TPSA) is 6.48 Å². The molecule has 2 nitrogen and oxygen atoms in total. The Kier molecular flexibility index (Phi) is 8.76. The summed E-state index contributed by atoms with van der Waals surface area (Å²) in [6, 6.07) is 93.1. The number of rotatable bonds is 8. The Balaban J connectivity index is 1.09. The van der Waals surface area contributed by atoms with E-state index in [-0.39, 0.29) is 0 Å². The second-order valence-corrected chi connectivity index (χ2v) is 16.4. The molecule has 0 saturated carbocycles. The zero-order valence-electron chi connectivity index (χ0n) is 34.6. The van der Waals surface area contributed by atoms with Gasteiger partial charge in [-0.25, -0.2) is 0 Å². The number of hydrogen-bond donors (Lipinski definition) is 0. The van der Waals surface area contributed by atoms with Gasteiger partial charge in [0.05, 0.1) is 16.8 Å². The fourth-order valence-electron chi connectivity index (χ4n) is 10.5. The number of nitrogens with zero attached hydrogens (tertiary/aromatic N) is 2. The summed E-state index contributed by atoms with van der Waals surface area (Å²) >= 11 is 0. The van der Waals surface area contributed by atoms with Crippen molar-refractivity contribution in [2.24, 2.45) is 0 Å². The van der Waals surface area contributed by atoms with Crippen molar-refractivity contribution in [3.8, 4) is 44.5 Å². The number of para-hydroxylation sites is 3. The standard InChI is InChI=1S/C61H42N2/c1-6-21-43(22-7-1)45-37-40-58(52(41-45)44-23-8-2-9-24-44)63(48-29-14-5-15-30-48)49-38-39-56-53(42-49)50-31-16-18-33-54(50)61(56)55-34-19-17-32-51(55)60-57(61)35-20-36-59(60)62(46-25-10-3-11-26-46)47-27-12-4-13-28-47/h1-42H. The first-order chi connectivity index (χ1) is 31.3. The minimum Gasteiger partial charge on any atom is -0.310 e. The van der Waals surface area contributed by atoms with E-state index in [9.17, 15) is 0 Å². The molecule has 2 aliphatic rings. The molecule has 12 rings (SSSR count). The summed E-state index contributed by atoms with van der Waals surface area (Å²) in [7, 11) is 0. The van der Waals surface area contributed by atoms with E-state index in [4.69, 9.17) is 0 Å². The summed E-state index contributed by atoms with van der Waals surface area (Å²) in [5.41, 5.74) is 21.2. The third-order valence-corrected chi connectivity index (χ3v) is 13.0. The summed E-state index contributed by atoms with van der Waals surface area (Å²) in [5.74, 6) is 0. The van der Waals surface area contributed by atoms with Gasteiger partial charge in [-0.3, -0.25) is 0 Å². The highest BCUT2D eigenvalue weighted by Crippen LogP contribution is 2.65. The molecule has 296 valence electrons. The lowest BCUT2D eigenvalue weighted by Gasteiger charge is -2.32. The molecule has 1 spiro atoms. The first-order valence-electron chi connectivity index (χ1n) is 21.8. The van der Waals surface area contributed by atoms with Gasteiger partial charge in [-0.05, 0) is 122 Å². The van der Waals surface area contributed by atoms with Crippen LogP contribution in [0.4, 0.5) is 34.1 Å². The molecule has 0 amide bonds. The molecule has 0 aliphatic heterocycles. The highest BCUT2D eigenvalue weighted by Gasteiger charge is 2.52. The van der Waals surface area contributed by atoms with Crippen LogP contribution < -0.4 is 9.80 Å². The second kappa shape index (κ2) is 15.1. The molecule has 0 radical (unpaired) electrons. The third kappa shape index (κ3) is 5.80. The van der Waals surface area contributed by atoms with E-state index < -0.39 is 5.41 Å². The maximum absolute atomic E-state index is 2.44. The van der Waals surface area contributed by atoms with Crippen LogP contribution in [-0.2, 0) is 5.41 Å². The molecule has 0 bridgehead atoms. The normalized spacial score (nSPS) is 14.1. The smallest absolute Gasteiger partial charge is 0.0726 e. The quantitative estimate of drug-likeness (QED) is 0.151. The van der Waals surface area contributed by atoms with Crippen molar-refractivity contribution in [2.45, 2.75) is 5.41 Å². The predicted octanol–water partition coefficient (Wildman–Crippen LogP) is 16.3. The van der Waals surface area contributed by atoms with Gasteiger partial charge in [-0.15, -0.1) is 0 Å². The van der Waals surface area contributed by atoms with Crippen LogP contribution in [0.15, 0.2) is 255 Å². The number of anilines is 6. The monoisotopic (exact) mass is 802 g/mol. The fraction of sp³-hybridized carbons (Fsp3) is 0.0164. The van der Waals surface area contributed by atoms with Gasteiger partial charge in [0.2, 0.25) is 0 Å². The van der Waals surface area contributed by atoms with Crippen molar-refractivity contribution in [1.82, 2.24) is 0 Å². The lowest BCUT2D eigenvalue weighted by molar-refractivity contribution is 0.793. The Morgan fingerprint density at radius 3 is 1.33 bits per heavy atom. The van der Waals surface area contributed by atoms with E-state index in [1.54, 1.807) is 0 Å². The van der Waals surface area contributed by atoms with Crippen LogP contribution in [0.1, 0.15) is 22.3 Å². The van der Waals surface area contributed by atoms with Gasteiger partial charge < -0.3 is 9.80 Å². The van der Waals surface area contributed by atoms with Crippen molar-refractivity contribution in [3.05, 3.63) is 277 Å². The molecule has 10 aromatic rings. The van der Waals surface area contributed by atoms with Gasteiger partial charge in [0.1, 0.15) is 0 Å². The summed E-state index contributed by atoms with van der Waals surface area (Å²) in [6.07, 6.45) is 0. The highest BCUT2D eigenvalue weighted by molar-refractivity contribution is 6.02. The van der Waals surface area contributed by atoms with Gasteiger partial charge in [-0.2, -0.15) is 0 Å². The molecule has 0 N–H and O–H groups in total. The van der Waals surface area contributed by atoms with Crippen molar-refractivity contribution in [1.29, 1.82) is 0 Å². The summed E-state index contributed by atoms with van der Waals surface area (Å²) in [5, 5.41) is 0. The summed E-state index contributed by atoms with van der Waals surface area (Å²) in [4.78, 5) is 4.86. The van der Waals surface area contributed by atoms with Crippen molar-refractivity contribution >= 4 is 34.1 Å². The zero-order chi connectivity index (χ0) is 41.7. The molecule has 1 atom stereocenters. The SMILES string of the molecule is c1ccc(-c2ccc(N(c3ccccc3)c3ccc4c(c3)-c3ccccc3C43c4ccccc4-c4c(N(c5ccccc5)c5ccccc5)cccc43)c(-c3ccccc3)c2)cc1. The Hall–Kier alpha value is -8.20. The van der Waals surface area contributed by atoms with E-state index in [0.29, 0.717) is 0 Å².